The van der Waals surface area contributed by atoms with Crippen molar-refractivity contribution in [2.24, 2.45) is 0 Å². The Morgan fingerprint density at radius 1 is 1.32 bits per heavy atom. The molecule has 0 unspecified atom stereocenters. The molecule has 0 aliphatic carbocycles. The molecule has 0 atom stereocenters. The lowest BCUT2D eigenvalue weighted by Gasteiger charge is -2.05. The van der Waals surface area contributed by atoms with Crippen molar-refractivity contribution < 1.29 is 4.79 Å². The summed E-state index contributed by atoms with van der Waals surface area (Å²) >= 11 is 0. The van der Waals surface area contributed by atoms with Gasteiger partial charge in [-0.1, -0.05) is 6.07 Å². The molecule has 2 aromatic heterocycles. The summed E-state index contributed by atoms with van der Waals surface area (Å²) in [5.74, 6) is -0.0455. The normalized spacial score (nSPS) is 10.8. The first-order chi connectivity index (χ1) is 10.6. The number of fused-ring (bicyclic) bond motifs is 1. The zero-order chi connectivity index (χ0) is 15.5. The van der Waals surface area contributed by atoms with Gasteiger partial charge in [-0.3, -0.25) is 9.59 Å². The van der Waals surface area contributed by atoms with Crippen molar-refractivity contribution in [1.29, 1.82) is 0 Å². The van der Waals surface area contributed by atoms with Crippen LogP contribution >= 0.6 is 0 Å². The molecule has 0 saturated heterocycles. The molecule has 1 amide bonds. The van der Waals surface area contributed by atoms with Crippen LogP contribution in [0.2, 0.25) is 0 Å². The quantitative estimate of drug-likeness (QED) is 0.749. The van der Waals surface area contributed by atoms with Crippen LogP contribution in [0.25, 0.3) is 22.3 Å². The van der Waals surface area contributed by atoms with Gasteiger partial charge in [-0.2, -0.15) is 5.10 Å². The Morgan fingerprint density at radius 2 is 2.18 bits per heavy atom. The van der Waals surface area contributed by atoms with Gasteiger partial charge in [0.2, 0.25) is 5.91 Å². The van der Waals surface area contributed by atoms with Crippen molar-refractivity contribution in [1.82, 2.24) is 25.1 Å². The molecule has 0 aliphatic rings. The standard InChI is InChI=1S/C15H15N5O2/c1-10(21)16-6-7-20-9-17-13-8-11(2-4-14(13)20)12-3-5-15(22)19-18-12/h2-5,8-9H,6-7H2,1H3,(H,16,21)(H,19,22). The average molecular weight is 297 g/mol. The Kier molecular flexibility index (Phi) is 3.69. The van der Waals surface area contributed by atoms with E-state index in [0.29, 0.717) is 18.8 Å². The molecule has 112 valence electrons. The minimum atomic E-state index is -0.230. The number of benzene rings is 1. The molecule has 7 nitrogen and oxygen atoms in total. The topological polar surface area (TPSA) is 92.7 Å². The molecule has 0 fully saturated rings. The summed E-state index contributed by atoms with van der Waals surface area (Å²) in [6, 6.07) is 8.93. The molecule has 7 heteroatoms. The minimum Gasteiger partial charge on any atom is -0.355 e. The number of aromatic nitrogens is 4. The van der Waals surface area contributed by atoms with Gasteiger partial charge in [0.25, 0.3) is 5.56 Å². The Labute approximate surface area is 126 Å². The van der Waals surface area contributed by atoms with E-state index in [1.807, 2.05) is 22.8 Å². The Morgan fingerprint density at radius 3 is 2.91 bits per heavy atom. The Balaban J connectivity index is 1.87. The van der Waals surface area contributed by atoms with Gasteiger partial charge in [0.05, 0.1) is 23.1 Å². The first-order valence-electron chi connectivity index (χ1n) is 6.89. The lowest BCUT2D eigenvalue weighted by Crippen LogP contribution is -2.24. The van der Waals surface area contributed by atoms with Crippen LogP contribution < -0.4 is 10.9 Å². The lowest BCUT2D eigenvalue weighted by atomic mass is 10.1. The summed E-state index contributed by atoms with van der Waals surface area (Å²) in [7, 11) is 0. The van der Waals surface area contributed by atoms with Crippen LogP contribution in [0.3, 0.4) is 0 Å². The van der Waals surface area contributed by atoms with Crippen molar-refractivity contribution in [2.75, 3.05) is 6.54 Å². The third kappa shape index (κ3) is 2.88. The lowest BCUT2D eigenvalue weighted by molar-refractivity contribution is -0.118. The van der Waals surface area contributed by atoms with Crippen molar-refractivity contribution >= 4 is 16.9 Å². The fraction of sp³-hybridized carbons (Fsp3) is 0.200. The molecule has 1 aromatic carbocycles. The van der Waals surface area contributed by atoms with Crippen molar-refractivity contribution in [2.45, 2.75) is 13.5 Å². The molecule has 3 aromatic rings. The SMILES string of the molecule is CC(=O)NCCn1cnc2cc(-c3ccc(=O)[nH]n3)ccc21. The number of hydrogen-bond donors (Lipinski definition) is 2. The summed E-state index contributed by atoms with van der Waals surface area (Å²) in [6.45, 7) is 2.71. The van der Waals surface area contributed by atoms with Gasteiger partial charge in [-0.15, -0.1) is 0 Å². The van der Waals surface area contributed by atoms with Crippen molar-refractivity contribution in [3.63, 3.8) is 0 Å². The maximum absolute atomic E-state index is 11.1. The zero-order valence-electron chi connectivity index (χ0n) is 12.0. The summed E-state index contributed by atoms with van der Waals surface area (Å²) in [5.41, 5.74) is 3.17. The van der Waals surface area contributed by atoms with Gasteiger partial charge >= 0.3 is 0 Å². The van der Waals surface area contributed by atoms with Gasteiger partial charge in [-0.05, 0) is 18.2 Å². The summed E-state index contributed by atoms with van der Waals surface area (Å²) in [5, 5.41) is 9.19. The summed E-state index contributed by atoms with van der Waals surface area (Å²) in [4.78, 5) is 26.3. The van der Waals surface area contributed by atoms with Gasteiger partial charge in [0, 0.05) is 31.6 Å². The molecular weight excluding hydrogens is 282 g/mol. The Hall–Kier alpha value is -2.96. The van der Waals surface area contributed by atoms with Gasteiger partial charge in [-0.25, -0.2) is 10.1 Å². The number of nitrogens with zero attached hydrogens (tertiary/aromatic N) is 3. The van der Waals surface area contributed by atoms with Crippen LogP contribution in [-0.4, -0.2) is 32.2 Å². The first-order valence-corrected chi connectivity index (χ1v) is 6.89. The second-order valence-electron chi connectivity index (χ2n) is 4.93. The number of H-pyrrole nitrogens is 1. The molecule has 0 aliphatic heterocycles. The molecule has 22 heavy (non-hydrogen) atoms. The number of carbonyl (C=O) groups excluding carboxylic acids is 1. The fourth-order valence-electron chi connectivity index (χ4n) is 2.26. The zero-order valence-corrected chi connectivity index (χ0v) is 12.0. The number of aromatic amines is 1. The number of amides is 1. The van der Waals surface area contributed by atoms with Crippen molar-refractivity contribution in [3.8, 4) is 11.3 Å². The highest BCUT2D eigenvalue weighted by molar-refractivity contribution is 5.81. The predicted octanol–water partition coefficient (Wildman–Crippen LogP) is 0.923. The van der Waals surface area contributed by atoms with Crippen LogP contribution in [0, 0.1) is 0 Å². The molecule has 0 bridgehead atoms. The van der Waals surface area contributed by atoms with Crippen molar-refractivity contribution in [3.05, 3.63) is 47.0 Å². The predicted molar refractivity (Wildman–Crippen MR) is 82.3 cm³/mol. The van der Waals surface area contributed by atoms with Gasteiger partial charge in [0.1, 0.15) is 0 Å². The van der Waals surface area contributed by atoms with Crippen LogP contribution in [0.1, 0.15) is 6.92 Å². The van der Waals surface area contributed by atoms with E-state index < -0.39 is 0 Å². The third-order valence-corrected chi connectivity index (χ3v) is 3.32. The molecule has 2 N–H and O–H groups in total. The maximum atomic E-state index is 11.1. The molecule has 3 rings (SSSR count). The van der Waals surface area contributed by atoms with E-state index in [9.17, 15) is 9.59 Å². The highest BCUT2D eigenvalue weighted by atomic mass is 16.1. The number of imidazole rings is 1. The van der Waals surface area contributed by atoms with Crippen LogP contribution in [-0.2, 0) is 11.3 Å². The molecule has 0 saturated carbocycles. The fourth-order valence-corrected chi connectivity index (χ4v) is 2.26. The van der Waals surface area contributed by atoms with Gasteiger partial charge in [0.15, 0.2) is 0 Å². The first kappa shape index (κ1) is 14.0. The number of rotatable bonds is 4. The average Bonchev–Trinajstić information content (AvgIpc) is 2.90. The molecule has 0 radical (unpaired) electrons. The highest BCUT2D eigenvalue weighted by Gasteiger charge is 2.06. The number of carbonyl (C=O) groups is 1. The van der Waals surface area contributed by atoms with Gasteiger partial charge < -0.3 is 9.88 Å². The number of hydrogen-bond acceptors (Lipinski definition) is 4. The second-order valence-corrected chi connectivity index (χ2v) is 4.93. The van der Waals surface area contributed by atoms with Crippen LogP contribution in [0.5, 0.6) is 0 Å². The molecule has 0 spiro atoms. The van der Waals surface area contributed by atoms with E-state index in [1.165, 1.54) is 13.0 Å². The maximum Gasteiger partial charge on any atom is 0.264 e. The van der Waals surface area contributed by atoms with E-state index in [1.54, 1.807) is 12.4 Å². The monoisotopic (exact) mass is 297 g/mol. The van der Waals surface area contributed by atoms with Crippen LogP contribution in [0.15, 0.2) is 41.5 Å². The highest BCUT2D eigenvalue weighted by Crippen LogP contribution is 2.21. The smallest absolute Gasteiger partial charge is 0.264 e. The largest absolute Gasteiger partial charge is 0.355 e. The summed E-state index contributed by atoms with van der Waals surface area (Å²) in [6.07, 6.45) is 1.75. The van der Waals surface area contributed by atoms with E-state index in [2.05, 4.69) is 20.5 Å². The minimum absolute atomic E-state index is 0.0455. The van der Waals surface area contributed by atoms with E-state index >= 15 is 0 Å². The summed E-state index contributed by atoms with van der Waals surface area (Å²) < 4.78 is 1.98. The molecule has 2 heterocycles. The molecular formula is C15H15N5O2. The van der Waals surface area contributed by atoms with E-state index in [0.717, 1.165) is 16.6 Å². The van der Waals surface area contributed by atoms with E-state index in [-0.39, 0.29) is 11.5 Å². The second kappa shape index (κ2) is 5.80. The van der Waals surface area contributed by atoms with E-state index in [4.69, 9.17) is 0 Å². The third-order valence-electron chi connectivity index (χ3n) is 3.32. The Bertz CT molecular complexity index is 861. The number of nitrogens with one attached hydrogen (secondary N) is 2. The van der Waals surface area contributed by atoms with Crippen LogP contribution in [0.4, 0.5) is 0 Å².